The highest BCUT2D eigenvalue weighted by atomic mass is 35.5. The van der Waals surface area contributed by atoms with Crippen LogP contribution in [0.15, 0.2) is 57.2 Å². The van der Waals surface area contributed by atoms with Crippen LogP contribution in [0.25, 0.3) is 0 Å². The highest BCUT2D eigenvalue weighted by Gasteiger charge is 2.19. The molecule has 0 saturated heterocycles. The fourth-order valence-electron chi connectivity index (χ4n) is 2.18. The molecule has 0 radical (unpaired) electrons. The molecule has 0 unspecified atom stereocenters. The molecular weight excluding hydrogens is 274 g/mol. The van der Waals surface area contributed by atoms with E-state index in [9.17, 15) is 0 Å². The second kappa shape index (κ2) is 5.03. The van der Waals surface area contributed by atoms with Crippen LogP contribution in [-0.4, -0.2) is 5.71 Å². The molecule has 1 nitrogen and oxygen atoms in total. The zero-order chi connectivity index (χ0) is 13.4. The third kappa shape index (κ3) is 2.43. The molecule has 1 aliphatic rings. The number of hydrogen-bond acceptors (Lipinski definition) is 2. The Hall–Kier alpha value is -1.25. The molecular formula is C16H14ClNS. The average Bonchev–Trinajstić information content (AvgIpc) is 2.55. The summed E-state index contributed by atoms with van der Waals surface area (Å²) < 4.78 is 0. The maximum absolute atomic E-state index is 6.15. The third-order valence-electron chi connectivity index (χ3n) is 3.09. The maximum Gasteiger partial charge on any atom is 0.0772 e. The molecule has 0 spiro atoms. The van der Waals surface area contributed by atoms with Crippen LogP contribution in [0.2, 0.25) is 5.02 Å². The van der Waals surface area contributed by atoms with E-state index < -0.39 is 0 Å². The van der Waals surface area contributed by atoms with Crippen molar-refractivity contribution in [1.82, 2.24) is 0 Å². The van der Waals surface area contributed by atoms with Gasteiger partial charge in [-0.25, -0.2) is 0 Å². The van der Waals surface area contributed by atoms with E-state index in [0.29, 0.717) is 5.92 Å². The number of rotatable bonds is 1. The Morgan fingerprint density at radius 2 is 1.84 bits per heavy atom. The van der Waals surface area contributed by atoms with Gasteiger partial charge in [-0.1, -0.05) is 49.3 Å². The van der Waals surface area contributed by atoms with Gasteiger partial charge in [0.05, 0.1) is 11.4 Å². The molecule has 2 aromatic rings. The molecule has 0 N–H and O–H groups in total. The van der Waals surface area contributed by atoms with Crippen LogP contribution < -0.4 is 0 Å². The van der Waals surface area contributed by atoms with E-state index >= 15 is 0 Å². The number of para-hydroxylation sites is 1. The van der Waals surface area contributed by atoms with Crippen LogP contribution in [0, 0.1) is 5.92 Å². The topological polar surface area (TPSA) is 12.4 Å². The number of aliphatic imine (C=N–C) groups is 1. The summed E-state index contributed by atoms with van der Waals surface area (Å²) in [6.45, 7) is 4.34. The SMILES string of the molecule is CC(C)C1=Nc2ccccc2Sc2ccc(Cl)cc21. The van der Waals surface area contributed by atoms with Gasteiger partial charge in [0.1, 0.15) is 0 Å². The molecule has 2 aromatic carbocycles. The van der Waals surface area contributed by atoms with E-state index in [0.717, 1.165) is 22.0 Å². The Bertz CT molecular complexity index is 662. The largest absolute Gasteiger partial charge is 0.251 e. The van der Waals surface area contributed by atoms with E-state index in [1.165, 1.54) is 9.79 Å². The van der Waals surface area contributed by atoms with Crippen LogP contribution >= 0.6 is 23.4 Å². The van der Waals surface area contributed by atoms with Crippen molar-refractivity contribution in [2.75, 3.05) is 0 Å². The molecule has 0 aromatic heterocycles. The Morgan fingerprint density at radius 3 is 2.63 bits per heavy atom. The van der Waals surface area contributed by atoms with Crippen LogP contribution in [-0.2, 0) is 0 Å². The minimum atomic E-state index is 0.365. The first-order valence-corrected chi connectivity index (χ1v) is 7.50. The summed E-state index contributed by atoms with van der Waals surface area (Å²) in [5.41, 5.74) is 3.31. The quantitative estimate of drug-likeness (QED) is 0.667. The number of nitrogens with zero attached hydrogens (tertiary/aromatic N) is 1. The lowest BCUT2D eigenvalue weighted by Crippen LogP contribution is -2.09. The summed E-state index contributed by atoms with van der Waals surface area (Å²) in [5, 5.41) is 0.763. The van der Waals surface area contributed by atoms with Crippen molar-refractivity contribution in [1.29, 1.82) is 0 Å². The van der Waals surface area contributed by atoms with Gasteiger partial charge in [-0.15, -0.1) is 0 Å². The van der Waals surface area contributed by atoms with Crippen molar-refractivity contribution < 1.29 is 0 Å². The predicted molar refractivity (Wildman–Crippen MR) is 83.1 cm³/mol. The lowest BCUT2D eigenvalue weighted by molar-refractivity contribution is 0.882. The summed E-state index contributed by atoms with van der Waals surface area (Å²) in [4.78, 5) is 7.28. The van der Waals surface area contributed by atoms with Gasteiger partial charge in [0.2, 0.25) is 0 Å². The Morgan fingerprint density at radius 1 is 1.05 bits per heavy atom. The lowest BCUT2D eigenvalue weighted by Gasteiger charge is -2.12. The Balaban J connectivity index is 2.27. The van der Waals surface area contributed by atoms with Crippen molar-refractivity contribution >= 4 is 34.8 Å². The van der Waals surface area contributed by atoms with Crippen LogP contribution in [0.5, 0.6) is 0 Å². The first kappa shape index (κ1) is 12.8. The van der Waals surface area contributed by atoms with Crippen molar-refractivity contribution in [2.45, 2.75) is 23.6 Å². The molecule has 0 atom stereocenters. The molecule has 3 rings (SSSR count). The zero-order valence-electron chi connectivity index (χ0n) is 10.9. The minimum absolute atomic E-state index is 0.365. The lowest BCUT2D eigenvalue weighted by atomic mass is 9.99. The summed E-state index contributed by atoms with van der Waals surface area (Å²) in [7, 11) is 0. The summed E-state index contributed by atoms with van der Waals surface area (Å²) in [6, 6.07) is 14.3. The van der Waals surface area contributed by atoms with Crippen LogP contribution in [0.1, 0.15) is 19.4 Å². The molecule has 96 valence electrons. The van der Waals surface area contributed by atoms with Gasteiger partial charge in [-0.2, -0.15) is 0 Å². The Labute approximate surface area is 122 Å². The summed E-state index contributed by atoms with van der Waals surface area (Å²) in [6.07, 6.45) is 0. The second-order valence-corrected chi connectivity index (χ2v) is 6.38. The van der Waals surface area contributed by atoms with Gasteiger partial charge in [-0.05, 0) is 36.2 Å². The molecule has 3 heteroatoms. The molecule has 1 heterocycles. The zero-order valence-corrected chi connectivity index (χ0v) is 12.4. The normalized spacial score (nSPS) is 13.6. The molecule has 0 amide bonds. The third-order valence-corrected chi connectivity index (χ3v) is 4.47. The fraction of sp³-hybridized carbons (Fsp3) is 0.188. The van der Waals surface area contributed by atoms with E-state index in [-0.39, 0.29) is 0 Å². The van der Waals surface area contributed by atoms with Gasteiger partial charge in [0.15, 0.2) is 0 Å². The monoisotopic (exact) mass is 287 g/mol. The standard InChI is InChI=1S/C16H14ClNS/c1-10(2)16-12-9-11(17)7-8-14(12)19-15-6-4-3-5-13(15)18-16/h3-10H,1-2H3. The van der Waals surface area contributed by atoms with Crippen LogP contribution in [0.3, 0.4) is 0 Å². The first-order valence-electron chi connectivity index (χ1n) is 6.30. The number of fused-ring (bicyclic) bond motifs is 2. The highest BCUT2D eigenvalue weighted by Crippen LogP contribution is 2.41. The smallest absolute Gasteiger partial charge is 0.0772 e. The number of halogens is 1. The molecule has 0 bridgehead atoms. The van der Waals surface area contributed by atoms with Crippen molar-refractivity contribution in [3.63, 3.8) is 0 Å². The molecule has 0 aliphatic carbocycles. The average molecular weight is 288 g/mol. The van der Waals surface area contributed by atoms with E-state index in [1.807, 2.05) is 18.2 Å². The fourth-order valence-corrected chi connectivity index (χ4v) is 3.36. The minimum Gasteiger partial charge on any atom is -0.251 e. The van der Waals surface area contributed by atoms with Gasteiger partial charge in [-0.3, -0.25) is 4.99 Å². The van der Waals surface area contributed by atoms with Gasteiger partial charge in [0.25, 0.3) is 0 Å². The highest BCUT2D eigenvalue weighted by molar-refractivity contribution is 7.99. The first-order chi connectivity index (χ1) is 9.15. The van der Waals surface area contributed by atoms with Crippen LogP contribution in [0.4, 0.5) is 5.69 Å². The Kier molecular flexibility index (Phi) is 3.38. The van der Waals surface area contributed by atoms with Gasteiger partial charge in [0, 0.05) is 20.4 Å². The molecule has 0 saturated carbocycles. The van der Waals surface area contributed by atoms with E-state index in [1.54, 1.807) is 11.8 Å². The second-order valence-electron chi connectivity index (χ2n) is 4.86. The molecule has 19 heavy (non-hydrogen) atoms. The van der Waals surface area contributed by atoms with E-state index in [4.69, 9.17) is 16.6 Å². The molecule has 0 fully saturated rings. The predicted octanol–water partition coefficient (Wildman–Crippen LogP) is 5.58. The summed E-state index contributed by atoms with van der Waals surface area (Å²) in [5.74, 6) is 0.365. The van der Waals surface area contributed by atoms with Crippen molar-refractivity contribution in [2.24, 2.45) is 10.9 Å². The molecule has 1 aliphatic heterocycles. The number of benzene rings is 2. The van der Waals surface area contributed by atoms with Gasteiger partial charge < -0.3 is 0 Å². The van der Waals surface area contributed by atoms with Gasteiger partial charge >= 0.3 is 0 Å². The van der Waals surface area contributed by atoms with Crippen molar-refractivity contribution in [3.8, 4) is 0 Å². The maximum atomic E-state index is 6.15. The summed E-state index contributed by atoms with van der Waals surface area (Å²) >= 11 is 7.91. The number of hydrogen-bond donors (Lipinski definition) is 0. The van der Waals surface area contributed by atoms with E-state index in [2.05, 4.69) is 38.1 Å². The van der Waals surface area contributed by atoms with Crippen molar-refractivity contribution in [3.05, 3.63) is 53.1 Å².